The van der Waals surface area contributed by atoms with Gasteiger partial charge in [-0.05, 0) is 40.9 Å². The summed E-state index contributed by atoms with van der Waals surface area (Å²) in [7, 11) is 1.58. The second kappa shape index (κ2) is 6.91. The zero-order chi connectivity index (χ0) is 15.4. The van der Waals surface area contributed by atoms with Crippen LogP contribution in [0, 0.1) is 0 Å². The van der Waals surface area contributed by atoms with Gasteiger partial charge in [-0.15, -0.1) is 0 Å². The van der Waals surface area contributed by atoms with E-state index in [-0.39, 0.29) is 23.3 Å². The number of anilines is 1. The van der Waals surface area contributed by atoms with Gasteiger partial charge in [0.1, 0.15) is 0 Å². The van der Waals surface area contributed by atoms with Crippen LogP contribution in [0.5, 0.6) is 0 Å². The Morgan fingerprint density at radius 3 is 2.76 bits per heavy atom. The van der Waals surface area contributed by atoms with Crippen molar-refractivity contribution in [3.05, 3.63) is 28.2 Å². The summed E-state index contributed by atoms with van der Waals surface area (Å²) in [6, 6.07) is 4.69. The highest BCUT2D eigenvalue weighted by atomic mass is 79.9. The first-order valence-electron chi connectivity index (χ1n) is 6.63. The second-order valence-electron chi connectivity index (χ2n) is 4.82. The summed E-state index contributed by atoms with van der Waals surface area (Å²) >= 11 is 3.28. The largest absolute Gasteiger partial charge is 0.478 e. The minimum Gasteiger partial charge on any atom is -0.478 e. The predicted octanol–water partition coefficient (Wildman–Crippen LogP) is 2.79. The number of amides is 2. The molecule has 21 heavy (non-hydrogen) atoms. The minimum atomic E-state index is -1.08. The lowest BCUT2D eigenvalue weighted by Gasteiger charge is -2.23. The molecule has 0 bridgehead atoms. The molecule has 1 fully saturated rings. The lowest BCUT2D eigenvalue weighted by Crippen LogP contribution is -2.39. The van der Waals surface area contributed by atoms with Gasteiger partial charge in [0.2, 0.25) is 0 Å². The van der Waals surface area contributed by atoms with Crippen molar-refractivity contribution in [2.75, 3.05) is 25.6 Å². The molecule has 0 atom stereocenters. The van der Waals surface area contributed by atoms with Crippen molar-refractivity contribution >= 4 is 33.6 Å². The number of hydrogen-bond donors (Lipinski definition) is 2. The van der Waals surface area contributed by atoms with Crippen molar-refractivity contribution in [3.63, 3.8) is 0 Å². The first kappa shape index (κ1) is 15.8. The van der Waals surface area contributed by atoms with Gasteiger partial charge in [0.05, 0.1) is 17.9 Å². The lowest BCUT2D eigenvalue weighted by molar-refractivity contribution is 0.0698. The molecule has 1 aromatic rings. The van der Waals surface area contributed by atoms with Crippen LogP contribution >= 0.6 is 15.9 Å². The van der Waals surface area contributed by atoms with Gasteiger partial charge >= 0.3 is 12.0 Å². The number of carbonyl (C=O) groups is 2. The number of rotatable bonds is 6. The van der Waals surface area contributed by atoms with Crippen LogP contribution in [0.25, 0.3) is 0 Å². The monoisotopic (exact) mass is 356 g/mol. The van der Waals surface area contributed by atoms with Crippen LogP contribution in [0.1, 0.15) is 23.2 Å². The highest BCUT2D eigenvalue weighted by Crippen LogP contribution is 2.30. The summed E-state index contributed by atoms with van der Waals surface area (Å²) in [5, 5.41) is 11.9. The number of urea groups is 1. The molecule has 1 aliphatic rings. The van der Waals surface area contributed by atoms with Gasteiger partial charge in [0, 0.05) is 24.2 Å². The SMILES string of the molecule is COCCN(C(=O)Nc1c(Br)cccc1C(=O)O)C1CC1. The maximum Gasteiger partial charge on any atom is 0.337 e. The number of benzene rings is 1. The Labute approximate surface area is 131 Å². The molecule has 6 nitrogen and oxygen atoms in total. The summed E-state index contributed by atoms with van der Waals surface area (Å²) in [4.78, 5) is 25.3. The van der Waals surface area contributed by atoms with Crippen molar-refractivity contribution in [3.8, 4) is 0 Å². The minimum absolute atomic E-state index is 0.0558. The Balaban J connectivity index is 2.16. The number of carboxylic acid groups (broad SMARTS) is 1. The van der Waals surface area contributed by atoms with Crippen molar-refractivity contribution < 1.29 is 19.4 Å². The van der Waals surface area contributed by atoms with E-state index in [0.29, 0.717) is 17.6 Å². The molecule has 0 saturated heterocycles. The van der Waals surface area contributed by atoms with Crippen molar-refractivity contribution in [1.29, 1.82) is 0 Å². The maximum absolute atomic E-state index is 12.4. The summed E-state index contributed by atoms with van der Waals surface area (Å²) in [5.74, 6) is -1.08. The lowest BCUT2D eigenvalue weighted by atomic mass is 10.2. The number of nitrogens with zero attached hydrogens (tertiary/aromatic N) is 1. The average Bonchev–Trinajstić information content (AvgIpc) is 3.26. The molecule has 1 aliphatic carbocycles. The van der Waals surface area contributed by atoms with Gasteiger partial charge in [-0.3, -0.25) is 0 Å². The molecule has 1 saturated carbocycles. The number of para-hydroxylation sites is 1. The van der Waals surface area contributed by atoms with E-state index in [1.807, 2.05) is 0 Å². The van der Waals surface area contributed by atoms with E-state index in [1.54, 1.807) is 24.1 Å². The number of hydrogen-bond acceptors (Lipinski definition) is 3. The van der Waals surface area contributed by atoms with Crippen LogP contribution in [-0.2, 0) is 4.74 Å². The summed E-state index contributed by atoms with van der Waals surface area (Å²) in [5.41, 5.74) is 0.332. The molecular weight excluding hydrogens is 340 g/mol. The average molecular weight is 357 g/mol. The zero-order valence-corrected chi connectivity index (χ0v) is 13.2. The molecule has 0 heterocycles. The van der Waals surface area contributed by atoms with E-state index >= 15 is 0 Å². The fourth-order valence-electron chi connectivity index (χ4n) is 2.03. The van der Waals surface area contributed by atoms with Crippen molar-refractivity contribution in [2.24, 2.45) is 0 Å². The number of carbonyl (C=O) groups excluding carboxylic acids is 1. The molecule has 0 unspecified atom stereocenters. The third kappa shape index (κ3) is 3.95. The summed E-state index contributed by atoms with van der Waals surface area (Å²) < 4.78 is 5.55. The molecule has 1 aromatic carbocycles. The van der Waals surface area contributed by atoms with Gasteiger partial charge in [-0.1, -0.05) is 6.07 Å². The molecule has 2 rings (SSSR count). The molecular formula is C14H17BrN2O4. The molecule has 0 aliphatic heterocycles. The predicted molar refractivity (Wildman–Crippen MR) is 81.7 cm³/mol. The fraction of sp³-hybridized carbons (Fsp3) is 0.429. The van der Waals surface area contributed by atoms with Gasteiger partial charge in [-0.2, -0.15) is 0 Å². The third-order valence-electron chi connectivity index (χ3n) is 3.26. The molecule has 7 heteroatoms. The topological polar surface area (TPSA) is 78.9 Å². The van der Waals surface area contributed by atoms with Gasteiger partial charge in [0.15, 0.2) is 0 Å². The Hall–Kier alpha value is -1.60. The Morgan fingerprint density at radius 2 is 2.19 bits per heavy atom. The zero-order valence-electron chi connectivity index (χ0n) is 11.6. The van der Waals surface area contributed by atoms with Crippen LogP contribution in [0.2, 0.25) is 0 Å². The smallest absolute Gasteiger partial charge is 0.337 e. The van der Waals surface area contributed by atoms with E-state index in [0.717, 1.165) is 12.8 Å². The van der Waals surface area contributed by atoms with Crippen molar-refractivity contribution in [1.82, 2.24) is 4.90 Å². The summed E-state index contributed by atoms with van der Waals surface area (Å²) in [6.07, 6.45) is 1.94. The van der Waals surface area contributed by atoms with Crippen LogP contribution in [0.4, 0.5) is 10.5 Å². The van der Waals surface area contributed by atoms with Crippen molar-refractivity contribution in [2.45, 2.75) is 18.9 Å². The van der Waals surface area contributed by atoms with Crippen LogP contribution in [0.3, 0.4) is 0 Å². The maximum atomic E-state index is 12.4. The van der Waals surface area contributed by atoms with Crippen LogP contribution in [0.15, 0.2) is 22.7 Å². The molecule has 0 radical (unpaired) electrons. The van der Waals surface area contributed by atoms with Gasteiger partial charge in [-0.25, -0.2) is 9.59 Å². The number of halogens is 1. The Bertz CT molecular complexity index is 546. The Morgan fingerprint density at radius 1 is 1.48 bits per heavy atom. The fourth-order valence-corrected chi connectivity index (χ4v) is 2.50. The third-order valence-corrected chi connectivity index (χ3v) is 3.92. The van der Waals surface area contributed by atoms with E-state index < -0.39 is 5.97 Å². The number of methoxy groups -OCH3 is 1. The number of ether oxygens (including phenoxy) is 1. The summed E-state index contributed by atoms with van der Waals surface area (Å²) in [6.45, 7) is 0.936. The number of aromatic carboxylic acids is 1. The van der Waals surface area contributed by atoms with E-state index in [2.05, 4.69) is 21.2 Å². The van der Waals surface area contributed by atoms with Gasteiger partial charge < -0.3 is 20.1 Å². The molecule has 0 spiro atoms. The van der Waals surface area contributed by atoms with Gasteiger partial charge in [0.25, 0.3) is 0 Å². The van der Waals surface area contributed by atoms with Crippen LogP contribution in [-0.4, -0.2) is 48.3 Å². The van der Waals surface area contributed by atoms with Crippen LogP contribution < -0.4 is 5.32 Å². The first-order chi connectivity index (χ1) is 10.0. The molecule has 2 amide bonds. The highest BCUT2D eigenvalue weighted by Gasteiger charge is 2.32. The highest BCUT2D eigenvalue weighted by molar-refractivity contribution is 9.10. The van der Waals surface area contributed by atoms with E-state index in [4.69, 9.17) is 4.74 Å². The number of carboxylic acids is 1. The molecule has 2 N–H and O–H groups in total. The molecule has 114 valence electrons. The molecule has 0 aromatic heterocycles. The second-order valence-corrected chi connectivity index (χ2v) is 5.67. The first-order valence-corrected chi connectivity index (χ1v) is 7.42. The standard InChI is InChI=1S/C14H17BrN2O4/c1-21-8-7-17(9-5-6-9)14(20)16-12-10(13(18)19)3-2-4-11(12)15/h2-4,9H,5-8H2,1H3,(H,16,20)(H,18,19). The quantitative estimate of drug-likeness (QED) is 0.821. The van der Waals surface area contributed by atoms with E-state index in [9.17, 15) is 14.7 Å². The van der Waals surface area contributed by atoms with E-state index in [1.165, 1.54) is 6.07 Å². The number of nitrogens with one attached hydrogen (secondary N) is 1. The Kier molecular flexibility index (Phi) is 5.19. The normalized spacial score (nSPS) is 13.8.